The molecule has 0 saturated carbocycles. The van der Waals surface area contributed by atoms with Gasteiger partial charge in [0.15, 0.2) is 0 Å². The summed E-state index contributed by atoms with van der Waals surface area (Å²) in [7, 11) is 3.73. The molecule has 0 spiro atoms. The van der Waals surface area contributed by atoms with Crippen LogP contribution in [0.15, 0.2) is 24.3 Å². The van der Waals surface area contributed by atoms with Crippen LogP contribution in [0.25, 0.3) is 0 Å². The molecule has 1 saturated heterocycles. The summed E-state index contributed by atoms with van der Waals surface area (Å²) < 4.78 is 5.16. The van der Waals surface area contributed by atoms with E-state index >= 15 is 0 Å². The summed E-state index contributed by atoms with van der Waals surface area (Å²) in [6.45, 7) is 3.02. The molecule has 1 aliphatic rings. The number of likely N-dealkylation sites (tertiary alicyclic amines) is 1. The van der Waals surface area contributed by atoms with Gasteiger partial charge in [0.05, 0.1) is 13.0 Å². The van der Waals surface area contributed by atoms with Crippen molar-refractivity contribution >= 4 is 17.6 Å². The summed E-state index contributed by atoms with van der Waals surface area (Å²) in [5.74, 6) is -0.392. The number of methoxy groups -OCH3 is 1. The standard InChI is InChI=1S/C18H28N4O3/c1-21-8-6-16(7-9-21)22(10-11-25-2)18(24)20-15-5-3-4-14(12-15)13-17(19)23/h3-5,12,16H,6-11,13H2,1-2H3,(H2,19,23)(H,20,24). The predicted molar refractivity (Wildman–Crippen MR) is 97.5 cm³/mol. The SMILES string of the molecule is COCCN(C(=O)Nc1cccc(CC(N)=O)c1)C1CCN(C)CC1. The third-order valence-electron chi connectivity index (χ3n) is 4.48. The van der Waals surface area contributed by atoms with Crippen LogP contribution in [0.2, 0.25) is 0 Å². The molecule has 0 aliphatic carbocycles. The summed E-state index contributed by atoms with van der Waals surface area (Å²) in [4.78, 5) is 28.0. The Morgan fingerprint density at radius 3 is 2.72 bits per heavy atom. The second-order valence-electron chi connectivity index (χ2n) is 6.49. The zero-order chi connectivity index (χ0) is 18.2. The number of amides is 3. The Hall–Kier alpha value is -2.12. The molecule has 0 radical (unpaired) electrons. The van der Waals surface area contributed by atoms with E-state index in [0.717, 1.165) is 31.5 Å². The number of nitrogens with two attached hydrogens (primary N) is 1. The molecule has 7 heteroatoms. The van der Waals surface area contributed by atoms with Crippen molar-refractivity contribution in [1.29, 1.82) is 0 Å². The number of benzene rings is 1. The topological polar surface area (TPSA) is 87.9 Å². The van der Waals surface area contributed by atoms with Gasteiger partial charge in [-0.1, -0.05) is 12.1 Å². The fourth-order valence-corrected chi connectivity index (χ4v) is 3.10. The Morgan fingerprint density at radius 2 is 2.08 bits per heavy atom. The maximum Gasteiger partial charge on any atom is 0.322 e. The minimum atomic E-state index is -0.392. The molecule has 1 aromatic carbocycles. The number of anilines is 1. The summed E-state index contributed by atoms with van der Waals surface area (Å²) in [6, 6.07) is 7.29. The van der Waals surface area contributed by atoms with Crippen LogP contribution in [-0.2, 0) is 16.0 Å². The van der Waals surface area contributed by atoms with Gasteiger partial charge in [0, 0.05) is 25.4 Å². The molecule has 1 fully saturated rings. The Labute approximate surface area is 149 Å². The van der Waals surface area contributed by atoms with Crippen LogP contribution in [-0.4, -0.2) is 68.2 Å². The first kappa shape index (κ1) is 19.2. The molecule has 0 unspecified atom stereocenters. The normalized spacial score (nSPS) is 15.8. The maximum absolute atomic E-state index is 12.8. The van der Waals surface area contributed by atoms with Gasteiger partial charge in [-0.3, -0.25) is 4.79 Å². The molecule has 1 aliphatic heterocycles. The highest BCUT2D eigenvalue weighted by Gasteiger charge is 2.26. The van der Waals surface area contributed by atoms with Crippen molar-refractivity contribution in [3.8, 4) is 0 Å². The van der Waals surface area contributed by atoms with E-state index in [4.69, 9.17) is 10.5 Å². The van der Waals surface area contributed by atoms with Crippen molar-refractivity contribution in [2.75, 3.05) is 45.7 Å². The smallest absolute Gasteiger partial charge is 0.322 e. The Bertz CT molecular complexity index is 585. The first-order chi connectivity index (χ1) is 12.0. The molecule has 25 heavy (non-hydrogen) atoms. The van der Waals surface area contributed by atoms with Crippen LogP contribution in [0.4, 0.5) is 10.5 Å². The Balaban J connectivity index is 2.04. The fourth-order valence-electron chi connectivity index (χ4n) is 3.10. The highest BCUT2D eigenvalue weighted by atomic mass is 16.5. The van der Waals surface area contributed by atoms with Crippen molar-refractivity contribution in [2.24, 2.45) is 5.73 Å². The number of carbonyl (C=O) groups is 2. The highest BCUT2D eigenvalue weighted by molar-refractivity contribution is 5.90. The molecule has 0 aromatic heterocycles. The summed E-state index contributed by atoms with van der Waals surface area (Å²) >= 11 is 0. The number of nitrogens with one attached hydrogen (secondary N) is 1. The van der Waals surface area contributed by atoms with Gasteiger partial charge in [-0.15, -0.1) is 0 Å². The number of carbonyl (C=O) groups excluding carboxylic acids is 2. The number of urea groups is 1. The van der Waals surface area contributed by atoms with E-state index in [0.29, 0.717) is 18.8 Å². The molecule has 0 atom stereocenters. The first-order valence-electron chi connectivity index (χ1n) is 8.62. The van der Waals surface area contributed by atoms with Crippen molar-refractivity contribution in [3.63, 3.8) is 0 Å². The van der Waals surface area contributed by atoms with E-state index in [1.165, 1.54) is 0 Å². The van der Waals surface area contributed by atoms with Gasteiger partial charge in [-0.05, 0) is 50.7 Å². The van der Waals surface area contributed by atoms with Gasteiger partial charge < -0.3 is 25.6 Å². The lowest BCUT2D eigenvalue weighted by Crippen LogP contribution is -2.49. The third kappa shape index (κ3) is 6.03. The molecule has 2 rings (SSSR count). The van der Waals surface area contributed by atoms with Gasteiger partial charge in [-0.2, -0.15) is 0 Å². The second-order valence-corrected chi connectivity index (χ2v) is 6.49. The van der Waals surface area contributed by atoms with Gasteiger partial charge in [0.2, 0.25) is 5.91 Å². The van der Waals surface area contributed by atoms with Crippen LogP contribution in [0.3, 0.4) is 0 Å². The number of ether oxygens (including phenoxy) is 1. The quantitative estimate of drug-likeness (QED) is 0.777. The van der Waals surface area contributed by atoms with E-state index in [-0.39, 0.29) is 18.5 Å². The van der Waals surface area contributed by atoms with E-state index in [2.05, 4.69) is 17.3 Å². The number of primary amides is 1. The zero-order valence-corrected chi connectivity index (χ0v) is 15.0. The molecule has 1 heterocycles. The van der Waals surface area contributed by atoms with Gasteiger partial charge in [0.1, 0.15) is 0 Å². The number of hydrogen-bond donors (Lipinski definition) is 2. The molecule has 3 N–H and O–H groups in total. The number of piperidine rings is 1. The van der Waals surface area contributed by atoms with E-state index in [1.807, 2.05) is 23.1 Å². The van der Waals surface area contributed by atoms with Crippen molar-refractivity contribution in [1.82, 2.24) is 9.80 Å². The largest absolute Gasteiger partial charge is 0.383 e. The summed E-state index contributed by atoms with van der Waals surface area (Å²) in [5, 5.41) is 2.94. The van der Waals surface area contributed by atoms with Gasteiger partial charge in [0.25, 0.3) is 0 Å². The lowest BCUT2D eigenvalue weighted by molar-refractivity contribution is -0.117. The predicted octanol–water partition coefficient (Wildman–Crippen LogP) is 1.29. The highest BCUT2D eigenvalue weighted by Crippen LogP contribution is 2.18. The fraction of sp³-hybridized carbons (Fsp3) is 0.556. The Kier molecular flexibility index (Phi) is 7.21. The first-order valence-corrected chi connectivity index (χ1v) is 8.62. The van der Waals surface area contributed by atoms with E-state index in [1.54, 1.807) is 13.2 Å². The average molecular weight is 348 g/mol. The minimum Gasteiger partial charge on any atom is -0.383 e. The van der Waals surface area contributed by atoms with Crippen molar-refractivity contribution < 1.29 is 14.3 Å². The lowest BCUT2D eigenvalue weighted by atomic mass is 10.0. The monoisotopic (exact) mass is 348 g/mol. The maximum atomic E-state index is 12.8. The van der Waals surface area contributed by atoms with Crippen LogP contribution < -0.4 is 11.1 Å². The number of rotatable bonds is 7. The van der Waals surface area contributed by atoms with Crippen molar-refractivity contribution in [2.45, 2.75) is 25.3 Å². The summed E-state index contributed by atoms with van der Waals surface area (Å²) in [6.07, 6.45) is 2.07. The molecule has 1 aromatic rings. The van der Waals surface area contributed by atoms with Gasteiger partial charge in [-0.25, -0.2) is 4.79 Å². The van der Waals surface area contributed by atoms with Crippen LogP contribution in [0.5, 0.6) is 0 Å². The molecule has 0 bridgehead atoms. The Morgan fingerprint density at radius 1 is 1.36 bits per heavy atom. The molecule has 3 amide bonds. The van der Waals surface area contributed by atoms with Crippen LogP contribution >= 0.6 is 0 Å². The lowest BCUT2D eigenvalue weighted by Gasteiger charge is -2.37. The number of nitrogens with zero attached hydrogens (tertiary/aromatic N) is 2. The number of hydrogen-bond acceptors (Lipinski definition) is 4. The van der Waals surface area contributed by atoms with Gasteiger partial charge >= 0.3 is 6.03 Å². The van der Waals surface area contributed by atoms with E-state index in [9.17, 15) is 9.59 Å². The third-order valence-corrected chi connectivity index (χ3v) is 4.48. The molecular weight excluding hydrogens is 320 g/mol. The second kappa shape index (κ2) is 9.39. The minimum absolute atomic E-state index is 0.136. The zero-order valence-electron chi connectivity index (χ0n) is 15.0. The van der Waals surface area contributed by atoms with Crippen LogP contribution in [0, 0.1) is 0 Å². The van der Waals surface area contributed by atoms with E-state index < -0.39 is 5.91 Å². The molecule has 7 nitrogen and oxygen atoms in total. The summed E-state index contributed by atoms with van der Waals surface area (Å²) in [5.41, 5.74) is 6.69. The molecular formula is C18H28N4O3. The van der Waals surface area contributed by atoms with Crippen molar-refractivity contribution in [3.05, 3.63) is 29.8 Å². The average Bonchev–Trinajstić information content (AvgIpc) is 2.56. The van der Waals surface area contributed by atoms with Crippen LogP contribution in [0.1, 0.15) is 18.4 Å². The molecule has 138 valence electrons.